The molecule has 17 heavy (non-hydrogen) atoms. The Morgan fingerprint density at radius 1 is 1.41 bits per heavy atom. The first-order chi connectivity index (χ1) is 8.15. The molecule has 2 rings (SSSR count). The molecule has 1 aromatic heterocycles. The second kappa shape index (κ2) is 4.49. The number of fused-ring (bicyclic) bond motifs is 1. The summed E-state index contributed by atoms with van der Waals surface area (Å²) in [5.74, 6) is 0.845. The number of amides is 1. The molecule has 4 nitrogen and oxygen atoms in total. The highest BCUT2D eigenvalue weighted by Crippen LogP contribution is 2.23. The average molecular weight is 232 g/mol. The second-order valence-electron chi connectivity index (χ2n) is 3.97. The van der Waals surface area contributed by atoms with Crippen LogP contribution >= 0.6 is 0 Å². The molecule has 0 saturated carbocycles. The van der Waals surface area contributed by atoms with Crippen LogP contribution in [-0.4, -0.2) is 24.6 Å². The van der Waals surface area contributed by atoms with Gasteiger partial charge in [0.05, 0.1) is 13.5 Å². The molecule has 0 fully saturated rings. The number of aromatic nitrogens is 1. The second-order valence-corrected chi connectivity index (χ2v) is 3.97. The summed E-state index contributed by atoms with van der Waals surface area (Å²) in [5.41, 5.74) is 2.09. The van der Waals surface area contributed by atoms with E-state index in [0.717, 1.165) is 22.3 Å². The van der Waals surface area contributed by atoms with E-state index < -0.39 is 0 Å². The van der Waals surface area contributed by atoms with Crippen molar-refractivity contribution in [3.8, 4) is 5.75 Å². The lowest BCUT2D eigenvalue weighted by atomic mass is 10.2. The van der Waals surface area contributed by atoms with E-state index >= 15 is 0 Å². The minimum absolute atomic E-state index is 0.0165. The van der Waals surface area contributed by atoms with Crippen LogP contribution in [0.5, 0.6) is 5.75 Å². The van der Waals surface area contributed by atoms with E-state index in [0.29, 0.717) is 6.42 Å². The van der Waals surface area contributed by atoms with Crippen LogP contribution in [0.25, 0.3) is 10.9 Å². The summed E-state index contributed by atoms with van der Waals surface area (Å²) >= 11 is 0. The molecule has 4 heteroatoms. The minimum Gasteiger partial charge on any atom is -0.497 e. The third-order valence-corrected chi connectivity index (χ3v) is 2.97. The van der Waals surface area contributed by atoms with Crippen molar-refractivity contribution in [1.29, 1.82) is 0 Å². The van der Waals surface area contributed by atoms with Crippen LogP contribution in [0.1, 0.15) is 5.69 Å². The SMILES string of the molecule is CNC(=O)Cc1cc2cc(OC)ccc2n1C. The fourth-order valence-electron chi connectivity index (χ4n) is 1.93. The molecular formula is C13H16N2O2. The minimum atomic E-state index is 0.0165. The van der Waals surface area contributed by atoms with Gasteiger partial charge in [-0.25, -0.2) is 0 Å². The van der Waals surface area contributed by atoms with Crippen molar-refractivity contribution in [3.63, 3.8) is 0 Å². The first-order valence-corrected chi connectivity index (χ1v) is 5.48. The highest BCUT2D eigenvalue weighted by atomic mass is 16.5. The van der Waals surface area contributed by atoms with E-state index in [-0.39, 0.29) is 5.91 Å². The molecule has 0 aliphatic rings. The Labute approximate surface area is 100 Å². The molecular weight excluding hydrogens is 216 g/mol. The summed E-state index contributed by atoms with van der Waals surface area (Å²) in [4.78, 5) is 11.4. The van der Waals surface area contributed by atoms with Crippen LogP contribution in [0.2, 0.25) is 0 Å². The number of likely N-dealkylation sites (N-methyl/N-ethyl adjacent to an activating group) is 1. The Hall–Kier alpha value is -1.97. The maximum atomic E-state index is 11.4. The lowest BCUT2D eigenvalue weighted by Gasteiger charge is -2.03. The van der Waals surface area contributed by atoms with Gasteiger partial charge < -0.3 is 14.6 Å². The Bertz CT molecular complexity index is 558. The van der Waals surface area contributed by atoms with E-state index in [1.807, 2.05) is 35.9 Å². The number of carbonyl (C=O) groups excluding carboxylic acids is 1. The van der Waals surface area contributed by atoms with Gasteiger partial charge in [0.15, 0.2) is 0 Å². The standard InChI is InChI=1S/C13H16N2O2/c1-14-13(16)8-10-6-9-7-11(17-3)4-5-12(9)15(10)2/h4-7H,8H2,1-3H3,(H,14,16). The van der Waals surface area contributed by atoms with Crippen molar-refractivity contribution < 1.29 is 9.53 Å². The van der Waals surface area contributed by atoms with Crippen LogP contribution < -0.4 is 10.1 Å². The van der Waals surface area contributed by atoms with Gasteiger partial charge in [0.2, 0.25) is 5.91 Å². The largest absolute Gasteiger partial charge is 0.497 e. The summed E-state index contributed by atoms with van der Waals surface area (Å²) in [6.45, 7) is 0. The van der Waals surface area contributed by atoms with E-state index in [4.69, 9.17) is 4.74 Å². The van der Waals surface area contributed by atoms with Crippen molar-refractivity contribution in [1.82, 2.24) is 9.88 Å². The van der Waals surface area contributed by atoms with Crippen LogP contribution in [0.15, 0.2) is 24.3 Å². The van der Waals surface area contributed by atoms with Crippen LogP contribution in [0.3, 0.4) is 0 Å². The normalized spacial score (nSPS) is 10.5. The number of rotatable bonds is 3. The maximum absolute atomic E-state index is 11.4. The Kier molecular flexibility index (Phi) is 3.04. The first-order valence-electron chi connectivity index (χ1n) is 5.48. The third kappa shape index (κ3) is 2.11. The molecule has 0 unspecified atom stereocenters. The van der Waals surface area contributed by atoms with Gasteiger partial charge in [-0.05, 0) is 24.3 Å². The van der Waals surface area contributed by atoms with Crippen molar-refractivity contribution in [2.45, 2.75) is 6.42 Å². The lowest BCUT2D eigenvalue weighted by Crippen LogP contribution is -2.21. The molecule has 0 saturated heterocycles. The van der Waals surface area contributed by atoms with E-state index in [1.165, 1.54) is 0 Å². The molecule has 0 bridgehead atoms. The molecule has 1 aromatic carbocycles. The summed E-state index contributed by atoms with van der Waals surface area (Å²) in [6.07, 6.45) is 0.393. The lowest BCUT2D eigenvalue weighted by molar-refractivity contribution is -0.120. The number of methoxy groups -OCH3 is 1. The molecule has 0 spiro atoms. The highest BCUT2D eigenvalue weighted by Gasteiger charge is 2.09. The third-order valence-electron chi connectivity index (χ3n) is 2.97. The van der Waals surface area contributed by atoms with Crippen molar-refractivity contribution in [3.05, 3.63) is 30.0 Å². The molecule has 0 aliphatic heterocycles. The zero-order valence-electron chi connectivity index (χ0n) is 10.3. The zero-order valence-corrected chi connectivity index (χ0v) is 10.3. The number of nitrogens with one attached hydrogen (secondary N) is 1. The Morgan fingerprint density at radius 3 is 2.82 bits per heavy atom. The number of nitrogens with zero attached hydrogens (tertiary/aromatic N) is 1. The number of aryl methyl sites for hydroxylation is 1. The number of hydrogen-bond donors (Lipinski definition) is 1. The number of benzene rings is 1. The molecule has 2 aromatic rings. The summed E-state index contributed by atoms with van der Waals surface area (Å²) in [5, 5.41) is 3.72. The van der Waals surface area contributed by atoms with E-state index in [1.54, 1.807) is 14.2 Å². The number of carbonyl (C=O) groups is 1. The van der Waals surface area contributed by atoms with Gasteiger partial charge >= 0.3 is 0 Å². The fraction of sp³-hybridized carbons (Fsp3) is 0.308. The van der Waals surface area contributed by atoms with Crippen molar-refractivity contribution in [2.75, 3.05) is 14.2 Å². The van der Waals surface area contributed by atoms with Crippen LogP contribution in [0.4, 0.5) is 0 Å². The van der Waals surface area contributed by atoms with E-state index in [2.05, 4.69) is 5.32 Å². The van der Waals surface area contributed by atoms with Gasteiger partial charge in [-0.3, -0.25) is 4.79 Å². The predicted molar refractivity (Wildman–Crippen MR) is 67.2 cm³/mol. The van der Waals surface area contributed by atoms with Gasteiger partial charge in [-0.1, -0.05) is 0 Å². The smallest absolute Gasteiger partial charge is 0.225 e. The fourth-order valence-corrected chi connectivity index (χ4v) is 1.93. The molecule has 90 valence electrons. The summed E-state index contributed by atoms with van der Waals surface area (Å²) in [7, 11) is 5.26. The quantitative estimate of drug-likeness (QED) is 0.871. The zero-order chi connectivity index (χ0) is 12.4. The van der Waals surface area contributed by atoms with Gasteiger partial charge in [-0.15, -0.1) is 0 Å². The summed E-state index contributed by atoms with van der Waals surface area (Å²) in [6, 6.07) is 7.92. The Balaban J connectivity index is 2.45. The van der Waals surface area contributed by atoms with Gasteiger partial charge in [-0.2, -0.15) is 0 Å². The van der Waals surface area contributed by atoms with Gasteiger partial charge in [0.1, 0.15) is 5.75 Å². The Morgan fingerprint density at radius 2 is 2.18 bits per heavy atom. The van der Waals surface area contributed by atoms with Gasteiger partial charge in [0.25, 0.3) is 0 Å². The number of ether oxygens (including phenoxy) is 1. The van der Waals surface area contributed by atoms with Crippen LogP contribution in [-0.2, 0) is 18.3 Å². The first kappa shape index (κ1) is 11.5. The molecule has 0 aliphatic carbocycles. The maximum Gasteiger partial charge on any atom is 0.225 e. The van der Waals surface area contributed by atoms with Gasteiger partial charge in [0, 0.05) is 30.7 Å². The summed E-state index contributed by atoms with van der Waals surface area (Å²) < 4.78 is 7.22. The van der Waals surface area contributed by atoms with Crippen molar-refractivity contribution >= 4 is 16.8 Å². The topological polar surface area (TPSA) is 43.3 Å². The van der Waals surface area contributed by atoms with E-state index in [9.17, 15) is 4.79 Å². The highest BCUT2D eigenvalue weighted by molar-refractivity contribution is 5.85. The van der Waals surface area contributed by atoms with Crippen LogP contribution in [0, 0.1) is 0 Å². The monoisotopic (exact) mass is 232 g/mol. The molecule has 0 radical (unpaired) electrons. The molecule has 0 atom stereocenters. The molecule has 1 amide bonds. The molecule has 1 heterocycles. The average Bonchev–Trinajstić information content (AvgIpc) is 2.65. The molecule has 1 N–H and O–H groups in total. The van der Waals surface area contributed by atoms with Crippen molar-refractivity contribution in [2.24, 2.45) is 7.05 Å². The predicted octanol–water partition coefficient (Wildman–Crippen LogP) is 1.48. The number of hydrogen-bond acceptors (Lipinski definition) is 2.